The van der Waals surface area contributed by atoms with E-state index in [0.29, 0.717) is 33.5 Å². The van der Waals surface area contributed by atoms with Crippen molar-refractivity contribution in [2.24, 2.45) is 0 Å². The number of methoxy groups -OCH3 is 2. The molecule has 0 bridgehead atoms. The number of hydrogen-bond acceptors (Lipinski definition) is 4. The first kappa shape index (κ1) is 21.6. The van der Waals surface area contributed by atoms with Crippen molar-refractivity contribution >= 4 is 40.7 Å². The summed E-state index contributed by atoms with van der Waals surface area (Å²) in [6, 6.07) is 20.3. The molecule has 1 atom stereocenters. The van der Waals surface area contributed by atoms with Gasteiger partial charge in [0.15, 0.2) is 17.3 Å². The van der Waals surface area contributed by atoms with Crippen LogP contribution in [0.15, 0.2) is 71.6 Å². The summed E-state index contributed by atoms with van der Waals surface area (Å²) in [4.78, 5) is 14.0. The quantitative estimate of drug-likeness (QED) is 0.272. The van der Waals surface area contributed by atoms with Gasteiger partial charge in [0.2, 0.25) is 0 Å². The van der Waals surface area contributed by atoms with Gasteiger partial charge in [0.05, 0.1) is 14.2 Å². The summed E-state index contributed by atoms with van der Waals surface area (Å²) >= 11 is 13.6. The first-order valence-corrected chi connectivity index (χ1v) is 10.6. The first-order valence-electron chi connectivity index (χ1n) is 8.93. The molecule has 0 spiro atoms. The summed E-state index contributed by atoms with van der Waals surface area (Å²) in [5.41, 5.74) is 1.61. The third kappa shape index (κ3) is 5.69. The molecule has 3 aromatic carbocycles. The topological polar surface area (TPSA) is 35.5 Å². The average molecular weight is 447 g/mol. The van der Waals surface area contributed by atoms with Crippen LogP contribution >= 0.6 is 35.0 Å². The lowest BCUT2D eigenvalue weighted by Crippen LogP contribution is -2.06. The highest BCUT2D eigenvalue weighted by Crippen LogP contribution is 2.41. The minimum atomic E-state index is -0.112. The van der Waals surface area contributed by atoms with Gasteiger partial charge in [-0.25, -0.2) is 0 Å². The van der Waals surface area contributed by atoms with Gasteiger partial charge in [0, 0.05) is 32.2 Å². The van der Waals surface area contributed by atoms with Gasteiger partial charge >= 0.3 is 0 Å². The predicted octanol–water partition coefficient (Wildman–Crippen LogP) is 7.12. The largest absolute Gasteiger partial charge is 0.493 e. The van der Waals surface area contributed by atoms with Crippen LogP contribution in [0.4, 0.5) is 0 Å². The van der Waals surface area contributed by atoms with Crippen LogP contribution in [-0.4, -0.2) is 20.0 Å². The maximum Gasteiger partial charge on any atom is 0.164 e. The van der Waals surface area contributed by atoms with Crippen LogP contribution in [-0.2, 0) is 0 Å². The number of ether oxygens (including phenoxy) is 2. The Morgan fingerprint density at radius 3 is 2.03 bits per heavy atom. The van der Waals surface area contributed by atoms with Crippen LogP contribution in [0.2, 0.25) is 10.0 Å². The summed E-state index contributed by atoms with van der Waals surface area (Å²) in [6.07, 6.45) is 0.324. The summed E-state index contributed by atoms with van der Waals surface area (Å²) in [7, 11) is 3.20. The van der Waals surface area contributed by atoms with Crippen LogP contribution in [0.5, 0.6) is 11.5 Å². The SMILES string of the molecule is COc1ccc([C@H](CC(=O)c2ccc(Cl)cc2)Sc2ccc(Cl)cc2)cc1OC. The zero-order chi connectivity index (χ0) is 20.8. The van der Waals surface area contributed by atoms with Crippen molar-refractivity contribution in [3.63, 3.8) is 0 Å². The van der Waals surface area contributed by atoms with Crippen molar-refractivity contribution in [2.45, 2.75) is 16.6 Å². The second-order valence-corrected chi connectivity index (χ2v) is 8.46. The molecule has 0 aromatic heterocycles. The molecule has 0 radical (unpaired) electrons. The van der Waals surface area contributed by atoms with Gasteiger partial charge in [-0.15, -0.1) is 11.8 Å². The highest BCUT2D eigenvalue weighted by atomic mass is 35.5. The molecular formula is C23H20Cl2O3S. The lowest BCUT2D eigenvalue weighted by atomic mass is 10.0. The van der Waals surface area contributed by atoms with Crippen LogP contribution in [0.3, 0.4) is 0 Å². The van der Waals surface area contributed by atoms with Crippen molar-refractivity contribution in [1.29, 1.82) is 0 Å². The molecule has 0 heterocycles. The van der Waals surface area contributed by atoms with Gasteiger partial charge in [0.1, 0.15) is 0 Å². The second-order valence-electron chi connectivity index (χ2n) is 6.31. The molecular weight excluding hydrogens is 427 g/mol. The first-order chi connectivity index (χ1) is 14.0. The van der Waals surface area contributed by atoms with E-state index in [-0.39, 0.29) is 11.0 Å². The molecule has 0 unspecified atom stereocenters. The summed E-state index contributed by atoms with van der Waals surface area (Å²) < 4.78 is 10.8. The van der Waals surface area contributed by atoms with Crippen molar-refractivity contribution in [3.8, 4) is 11.5 Å². The molecule has 0 saturated heterocycles. The number of halogens is 2. The Balaban J connectivity index is 1.91. The van der Waals surface area contributed by atoms with Gasteiger partial charge in [0.25, 0.3) is 0 Å². The number of benzene rings is 3. The Kier molecular flexibility index (Phi) is 7.48. The Morgan fingerprint density at radius 1 is 0.862 bits per heavy atom. The van der Waals surface area contributed by atoms with Crippen molar-refractivity contribution < 1.29 is 14.3 Å². The van der Waals surface area contributed by atoms with Gasteiger partial charge in [-0.3, -0.25) is 4.79 Å². The fourth-order valence-electron chi connectivity index (χ4n) is 2.88. The van der Waals surface area contributed by atoms with Crippen molar-refractivity contribution in [1.82, 2.24) is 0 Å². The van der Waals surface area contributed by atoms with E-state index in [4.69, 9.17) is 32.7 Å². The number of hydrogen-bond donors (Lipinski definition) is 0. The second kappa shape index (κ2) is 10.1. The van der Waals surface area contributed by atoms with Gasteiger partial charge in [-0.1, -0.05) is 29.3 Å². The van der Waals surface area contributed by atoms with E-state index in [1.54, 1.807) is 50.2 Å². The molecule has 0 aliphatic carbocycles. The van der Waals surface area contributed by atoms with E-state index >= 15 is 0 Å². The van der Waals surface area contributed by atoms with Crippen LogP contribution in [0, 0.1) is 0 Å². The molecule has 0 aliphatic heterocycles. The monoisotopic (exact) mass is 446 g/mol. The third-order valence-corrected chi connectivity index (χ3v) is 6.18. The minimum Gasteiger partial charge on any atom is -0.493 e. The van der Waals surface area contributed by atoms with Crippen LogP contribution < -0.4 is 9.47 Å². The summed E-state index contributed by atoms with van der Waals surface area (Å²) in [6.45, 7) is 0. The molecule has 29 heavy (non-hydrogen) atoms. The highest BCUT2D eigenvalue weighted by molar-refractivity contribution is 7.99. The fraction of sp³-hybridized carbons (Fsp3) is 0.174. The van der Waals surface area contributed by atoms with Crippen molar-refractivity contribution in [2.75, 3.05) is 14.2 Å². The number of carbonyl (C=O) groups is 1. The lowest BCUT2D eigenvalue weighted by Gasteiger charge is -2.18. The Hall–Kier alpha value is -2.14. The summed E-state index contributed by atoms with van der Waals surface area (Å²) in [5.74, 6) is 1.32. The maximum absolute atomic E-state index is 12.9. The Bertz CT molecular complexity index is 972. The normalized spacial score (nSPS) is 11.7. The molecule has 0 saturated carbocycles. The van der Waals surface area contributed by atoms with E-state index in [1.165, 1.54) is 0 Å². The molecule has 0 N–H and O–H groups in total. The Labute approximate surface area is 184 Å². The van der Waals surface area contributed by atoms with Gasteiger partial charge in [-0.2, -0.15) is 0 Å². The zero-order valence-electron chi connectivity index (χ0n) is 16.0. The third-order valence-electron chi connectivity index (χ3n) is 4.41. The zero-order valence-corrected chi connectivity index (χ0v) is 18.4. The highest BCUT2D eigenvalue weighted by Gasteiger charge is 2.20. The van der Waals surface area contributed by atoms with Crippen LogP contribution in [0.1, 0.15) is 27.6 Å². The van der Waals surface area contributed by atoms with E-state index < -0.39 is 0 Å². The average Bonchev–Trinajstić information content (AvgIpc) is 2.74. The maximum atomic E-state index is 12.9. The van der Waals surface area contributed by atoms with E-state index in [9.17, 15) is 4.79 Å². The summed E-state index contributed by atoms with van der Waals surface area (Å²) in [5, 5.41) is 1.17. The molecule has 3 rings (SSSR count). The van der Waals surface area contributed by atoms with E-state index in [1.807, 2.05) is 42.5 Å². The minimum absolute atomic E-state index is 0.0444. The number of ketones is 1. The van der Waals surface area contributed by atoms with E-state index in [0.717, 1.165) is 10.5 Å². The number of carbonyl (C=O) groups excluding carboxylic acids is 1. The molecule has 0 aliphatic rings. The molecule has 0 fully saturated rings. The van der Waals surface area contributed by atoms with Gasteiger partial charge in [-0.05, 0) is 66.2 Å². The molecule has 150 valence electrons. The number of thioether (sulfide) groups is 1. The molecule has 0 amide bonds. The van der Waals surface area contributed by atoms with Crippen LogP contribution in [0.25, 0.3) is 0 Å². The number of Topliss-reactive ketones (excluding diaryl/α,β-unsaturated/α-hetero) is 1. The van der Waals surface area contributed by atoms with E-state index in [2.05, 4.69) is 0 Å². The molecule has 6 heteroatoms. The molecule has 3 nitrogen and oxygen atoms in total. The van der Waals surface area contributed by atoms with Gasteiger partial charge < -0.3 is 9.47 Å². The number of rotatable bonds is 8. The fourth-order valence-corrected chi connectivity index (χ4v) is 4.27. The Morgan fingerprint density at radius 2 is 1.45 bits per heavy atom. The predicted molar refractivity (Wildman–Crippen MR) is 120 cm³/mol. The smallest absolute Gasteiger partial charge is 0.164 e. The molecule has 3 aromatic rings. The van der Waals surface area contributed by atoms with Crippen molar-refractivity contribution in [3.05, 3.63) is 87.9 Å². The standard InChI is InChI=1S/C23H20Cl2O3S/c1-27-21-12-5-16(13-22(21)28-2)23(29-19-10-8-18(25)9-11-19)14-20(26)15-3-6-17(24)7-4-15/h3-13,23H,14H2,1-2H3/t23-/m0/s1. The lowest BCUT2D eigenvalue weighted by molar-refractivity contribution is 0.0982.